The van der Waals surface area contributed by atoms with Crippen LogP contribution in [0.3, 0.4) is 0 Å². The molecular weight excluding hydrogens is 356 g/mol. The van der Waals surface area contributed by atoms with E-state index in [0.29, 0.717) is 27.1 Å². The molecule has 0 saturated carbocycles. The first-order chi connectivity index (χ1) is 12.5. The highest BCUT2D eigenvalue weighted by molar-refractivity contribution is 6.31. The zero-order chi connectivity index (χ0) is 18.7. The number of rotatable bonds is 4. The van der Waals surface area contributed by atoms with Crippen LogP contribution in [-0.2, 0) is 4.74 Å². The Morgan fingerprint density at radius 2 is 1.81 bits per heavy atom. The minimum Gasteiger partial charge on any atom is -0.465 e. The molecule has 0 radical (unpaired) electrons. The fraction of sp³-hybridized carbons (Fsp3) is 0.0500. The molecule has 3 rings (SSSR count). The Bertz CT molecular complexity index is 1080. The number of benzene rings is 2. The summed E-state index contributed by atoms with van der Waals surface area (Å²) in [5, 5.41) is 1.04. The van der Waals surface area contributed by atoms with E-state index in [4.69, 9.17) is 16.0 Å². The second-order valence-corrected chi connectivity index (χ2v) is 5.88. The predicted octanol–water partition coefficient (Wildman–Crippen LogP) is 4.13. The monoisotopic (exact) mass is 368 g/mol. The number of carbonyl (C=O) groups is 2. The maximum atomic E-state index is 12.3. The standard InChI is InChI=1S/C20H13ClO5/c1-25-19(23)13-5-2-12(3-6-13)4-8-17(22)16-11-14-10-15(21)7-9-18(14)26-20(16)24/h2-11H,1H3. The Kier molecular flexibility index (Phi) is 5.00. The molecule has 130 valence electrons. The molecular formula is C20H13ClO5. The largest absolute Gasteiger partial charge is 0.465 e. The van der Waals surface area contributed by atoms with Crippen LogP contribution in [0.5, 0.6) is 0 Å². The molecule has 0 spiro atoms. The molecule has 1 heterocycles. The summed E-state index contributed by atoms with van der Waals surface area (Å²) >= 11 is 5.93. The van der Waals surface area contributed by atoms with E-state index in [1.807, 2.05) is 0 Å². The third-order valence-electron chi connectivity index (χ3n) is 3.72. The van der Waals surface area contributed by atoms with E-state index in [1.54, 1.807) is 48.5 Å². The van der Waals surface area contributed by atoms with Crippen molar-refractivity contribution < 1.29 is 18.7 Å². The van der Waals surface area contributed by atoms with Crippen molar-refractivity contribution in [2.75, 3.05) is 7.11 Å². The summed E-state index contributed by atoms with van der Waals surface area (Å²) in [6.07, 6.45) is 2.82. The van der Waals surface area contributed by atoms with Gasteiger partial charge in [-0.05, 0) is 48.0 Å². The molecule has 0 aliphatic heterocycles. The van der Waals surface area contributed by atoms with E-state index in [-0.39, 0.29) is 5.56 Å². The van der Waals surface area contributed by atoms with E-state index in [0.717, 1.165) is 0 Å². The third kappa shape index (κ3) is 3.73. The van der Waals surface area contributed by atoms with Crippen LogP contribution < -0.4 is 5.63 Å². The van der Waals surface area contributed by atoms with Gasteiger partial charge in [-0.15, -0.1) is 0 Å². The van der Waals surface area contributed by atoms with Crippen molar-refractivity contribution in [1.29, 1.82) is 0 Å². The van der Waals surface area contributed by atoms with E-state index in [1.165, 1.54) is 19.3 Å². The lowest BCUT2D eigenvalue weighted by molar-refractivity contribution is 0.0600. The summed E-state index contributed by atoms with van der Waals surface area (Å²) in [5.74, 6) is -0.929. The molecule has 3 aromatic rings. The lowest BCUT2D eigenvalue weighted by Gasteiger charge is -2.01. The van der Waals surface area contributed by atoms with Crippen LogP contribution in [0.2, 0.25) is 5.02 Å². The first-order valence-electron chi connectivity index (χ1n) is 7.62. The van der Waals surface area contributed by atoms with Crippen LogP contribution >= 0.6 is 11.6 Å². The Hall–Kier alpha value is -3.18. The Balaban J connectivity index is 1.86. The zero-order valence-corrected chi connectivity index (χ0v) is 14.4. The molecule has 0 fully saturated rings. The van der Waals surface area contributed by atoms with Crippen molar-refractivity contribution in [2.45, 2.75) is 0 Å². The zero-order valence-electron chi connectivity index (χ0n) is 13.7. The van der Waals surface area contributed by atoms with Crippen molar-refractivity contribution in [1.82, 2.24) is 0 Å². The number of ether oxygens (including phenoxy) is 1. The topological polar surface area (TPSA) is 73.6 Å². The quantitative estimate of drug-likeness (QED) is 0.299. The number of halogens is 1. The van der Waals surface area contributed by atoms with Crippen LogP contribution in [0, 0.1) is 0 Å². The van der Waals surface area contributed by atoms with Crippen molar-refractivity contribution in [3.8, 4) is 0 Å². The molecule has 0 saturated heterocycles. The molecule has 26 heavy (non-hydrogen) atoms. The highest BCUT2D eigenvalue weighted by Crippen LogP contribution is 2.19. The van der Waals surface area contributed by atoms with Gasteiger partial charge in [0.05, 0.1) is 12.7 Å². The molecule has 0 amide bonds. The van der Waals surface area contributed by atoms with Crippen LogP contribution in [0.1, 0.15) is 26.3 Å². The average molecular weight is 369 g/mol. The number of allylic oxidation sites excluding steroid dienone is 1. The Morgan fingerprint density at radius 3 is 2.50 bits per heavy atom. The van der Waals surface area contributed by atoms with E-state index >= 15 is 0 Å². The van der Waals surface area contributed by atoms with E-state index in [2.05, 4.69) is 4.74 Å². The second kappa shape index (κ2) is 7.37. The number of carbonyl (C=O) groups excluding carboxylic acids is 2. The summed E-state index contributed by atoms with van der Waals surface area (Å²) < 4.78 is 9.78. The minimum absolute atomic E-state index is 0.0813. The highest BCUT2D eigenvalue weighted by atomic mass is 35.5. The van der Waals surface area contributed by atoms with Gasteiger partial charge in [0.2, 0.25) is 0 Å². The summed E-state index contributed by atoms with van der Waals surface area (Å²) in [6.45, 7) is 0. The maximum Gasteiger partial charge on any atom is 0.347 e. The molecule has 5 nitrogen and oxygen atoms in total. The highest BCUT2D eigenvalue weighted by Gasteiger charge is 2.11. The normalized spacial score (nSPS) is 11.0. The number of fused-ring (bicyclic) bond motifs is 1. The van der Waals surface area contributed by atoms with E-state index < -0.39 is 17.4 Å². The lowest BCUT2D eigenvalue weighted by Crippen LogP contribution is -2.11. The fourth-order valence-electron chi connectivity index (χ4n) is 2.38. The smallest absolute Gasteiger partial charge is 0.347 e. The molecule has 0 atom stereocenters. The van der Waals surface area contributed by atoms with Crippen molar-refractivity contribution in [2.24, 2.45) is 0 Å². The first-order valence-corrected chi connectivity index (χ1v) is 8.00. The van der Waals surface area contributed by atoms with Gasteiger partial charge in [0.1, 0.15) is 11.1 Å². The average Bonchev–Trinajstić information content (AvgIpc) is 2.65. The lowest BCUT2D eigenvalue weighted by atomic mass is 10.1. The van der Waals surface area contributed by atoms with Gasteiger partial charge in [-0.1, -0.05) is 29.8 Å². The van der Waals surface area contributed by atoms with Gasteiger partial charge < -0.3 is 9.15 Å². The molecule has 0 bridgehead atoms. The summed E-state index contributed by atoms with van der Waals surface area (Å²) in [7, 11) is 1.30. The Labute approximate surface area is 153 Å². The molecule has 1 aromatic heterocycles. The molecule has 6 heteroatoms. The van der Waals surface area contributed by atoms with Crippen LogP contribution in [0.15, 0.2) is 63.8 Å². The number of ketones is 1. The van der Waals surface area contributed by atoms with Gasteiger partial charge in [-0.25, -0.2) is 9.59 Å². The summed E-state index contributed by atoms with van der Waals surface area (Å²) in [5.41, 5.74) is 0.665. The van der Waals surface area contributed by atoms with Gasteiger partial charge in [0.25, 0.3) is 0 Å². The minimum atomic E-state index is -0.712. The molecule has 0 unspecified atom stereocenters. The summed E-state index contributed by atoms with van der Waals surface area (Å²) in [6, 6.07) is 12.8. The maximum absolute atomic E-state index is 12.3. The fourth-order valence-corrected chi connectivity index (χ4v) is 2.56. The summed E-state index contributed by atoms with van der Waals surface area (Å²) in [4.78, 5) is 35.7. The molecule has 0 N–H and O–H groups in total. The van der Waals surface area contributed by atoms with E-state index in [9.17, 15) is 14.4 Å². The van der Waals surface area contributed by atoms with Gasteiger partial charge >= 0.3 is 11.6 Å². The number of hydrogen-bond acceptors (Lipinski definition) is 5. The number of methoxy groups -OCH3 is 1. The SMILES string of the molecule is COC(=O)c1ccc(C=CC(=O)c2cc3cc(Cl)ccc3oc2=O)cc1. The van der Waals surface area contributed by atoms with Crippen LogP contribution in [-0.4, -0.2) is 18.9 Å². The van der Waals surface area contributed by atoms with Gasteiger partial charge in [0, 0.05) is 10.4 Å². The van der Waals surface area contributed by atoms with Crippen molar-refractivity contribution >= 4 is 40.4 Å². The molecule has 0 aliphatic rings. The van der Waals surface area contributed by atoms with Crippen molar-refractivity contribution in [3.05, 3.63) is 86.7 Å². The predicted molar refractivity (Wildman–Crippen MR) is 98.6 cm³/mol. The third-order valence-corrected chi connectivity index (χ3v) is 3.95. The van der Waals surface area contributed by atoms with Gasteiger partial charge in [-0.3, -0.25) is 4.79 Å². The van der Waals surface area contributed by atoms with Gasteiger partial charge in [0.15, 0.2) is 5.78 Å². The van der Waals surface area contributed by atoms with Crippen molar-refractivity contribution in [3.63, 3.8) is 0 Å². The number of hydrogen-bond donors (Lipinski definition) is 0. The number of esters is 1. The van der Waals surface area contributed by atoms with Crippen LogP contribution in [0.4, 0.5) is 0 Å². The van der Waals surface area contributed by atoms with Gasteiger partial charge in [-0.2, -0.15) is 0 Å². The Morgan fingerprint density at radius 1 is 1.08 bits per heavy atom. The molecule has 2 aromatic carbocycles. The molecule has 0 aliphatic carbocycles. The first kappa shape index (κ1) is 17.6. The second-order valence-electron chi connectivity index (χ2n) is 5.44. The van der Waals surface area contributed by atoms with Crippen LogP contribution in [0.25, 0.3) is 17.0 Å².